The number of halogens is 1. The van der Waals surface area contributed by atoms with Gasteiger partial charge in [-0.1, -0.05) is 44.2 Å². The van der Waals surface area contributed by atoms with E-state index in [1.54, 1.807) is 18.2 Å². The van der Waals surface area contributed by atoms with Crippen molar-refractivity contribution in [1.29, 1.82) is 0 Å². The molecule has 3 aromatic rings. The normalized spacial score (nSPS) is 13.8. The fourth-order valence-electron chi connectivity index (χ4n) is 4.44. The number of para-hydroxylation sites is 1. The fourth-order valence-corrected chi connectivity index (χ4v) is 4.44. The summed E-state index contributed by atoms with van der Waals surface area (Å²) < 4.78 is 13.2. The quantitative estimate of drug-likeness (QED) is 0.371. The summed E-state index contributed by atoms with van der Waals surface area (Å²) in [7, 11) is 0. The monoisotopic (exact) mass is 488 g/mol. The smallest absolute Gasteiger partial charge is 0.323 e. The summed E-state index contributed by atoms with van der Waals surface area (Å²) in [4.78, 5) is 28.2. The Balaban J connectivity index is 1.52. The first-order valence-electron chi connectivity index (χ1n) is 12.5. The van der Waals surface area contributed by atoms with Crippen LogP contribution < -0.4 is 20.9 Å². The first-order chi connectivity index (χ1) is 17.4. The van der Waals surface area contributed by atoms with Crippen LogP contribution in [0.4, 0.5) is 26.2 Å². The molecule has 0 unspecified atom stereocenters. The molecule has 7 heteroatoms. The zero-order valence-corrected chi connectivity index (χ0v) is 20.8. The van der Waals surface area contributed by atoms with Gasteiger partial charge in [-0.05, 0) is 72.7 Å². The minimum Gasteiger partial charge on any atom is -0.371 e. The van der Waals surface area contributed by atoms with Crippen LogP contribution in [0.15, 0.2) is 66.7 Å². The highest BCUT2D eigenvalue weighted by molar-refractivity contribution is 6.04. The van der Waals surface area contributed by atoms with Crippen LogP contribution in [-0.4, -0.2) is 25.0 Å². The zero-order valence-electron chi connectivity index (χ0n) is 20.8. The van der Waals surface area contributed by atoms with E-state index < -0.39 is 0 Å². The van der Waals surface area contributed by atoms with Crippen LogP contribution in [0.1, 0.15) is 48.2 Å². The third-order valence-corrected chi connectivity index (χ3v) is 6.64. The van der Waals surface area contributed by atoms with Gasteiger partial charge in [0.1, 0.15) is 5.82 Å². The first kappa shape index (κ1) is 25.2. The Bertz CT molecular complexity index is 1200. The molecule has 6 nitrogen and oxygen atoms in total. The Kier molecular flexibility index (Phi) is 8.21. The SMILES string of the molecule is CCc1ccccc1NC(=O)Nc1ccc(N2CCC(C)CC2)c(C(=O)NCc2ccc(F)cc2)c1. The largest absolute Gasteiger partial charge is 0.371 e. The molecule has 1 fully saturated rings. The number of hydrogen-bond donors (Lipinski definition) is 3. The molecule has 4 rings (SSSR count). The lowest BCUT2D eigenvalue weighted by atomic mass is 9.97. The number of carbonyl (C=O) groups is 2. The van der Waals surface area contributed by atoms with Crippen molar-refractivity contribution in [3.05, 3.63) is 89.2 Å². The van der Waals surface area contributed by atoms with Crippen LogP contribution in [0.25, 0.3) is 0 Å². The molecular formula is C29H33FN4O2. The molecular weight excluding hydrogens is 455 g/mol. The molecule has 3 N–H and O–H groups in total. The highest BCUT2D eigenvalue weighted by Gasteiger charge is 2.22. The van der Waals surface area contributed by atoms with Gasteiger partial charge >= 0.3 is 6.03 Å². The summed E-state index contributed by atoms with van der Waals surface area (Å²) in [6, 6.07) is 18.8. The van der Waals surface area contributed by atoms with Crippen LogP contribution >= 0.6 is 0 Å². The van der Waals surface area contributed by atoms with Crippen molar-refractivity contribution >= 4 is 29.0 Å². The molecule has 0 bridgehead atoms. The second-order valence-electron chi connectivity index (χ2n) is 9.30. The number of rotatable bonds is 7. The predicted molar refractivity (Wildman–Crippen MR) is 143 cm³/mol. The van der Waals surface area contributed by atoms with Crippen molar-refractivity contribution in [2.24, 2.45) is 5.92 Å². The van der Waals surface area contributed by atoms with Crippen molar-refractivity contribution in [1.82, 2.24) is 5.32 Å². The Labute approximate surface area is 211 Å². The average molecular weight is 489 g/mol. The molecule has 1 saturated heterocycles. The number of nitrogens with one attached hydrogen (secondary N) is 3. The van der Waals surface area contributed by atoms with E-state index in [0.29, 0.717) is 17.2 Å². The molecule has 1 aliphatic heterocycles. The lowest BCUT2D eigenvalue weighted by Crippen LogP contribution is -2.35. The van der Waals surface area contributed by atoms with Crippen molar-refractivity contribution in [3.63, 3.8) is 0 Å². The number of carbonyl (C=O) groups excluding carboxylic acids is 2. The second-order valence-corrected chi connectivity index (χ2v) is 9.30. The lowest BCUT2D eigenvalue weighted by molar-refractivity contribution is 0.0951. The Morgan fingerprint density at radius 3 is 2.42 bits per heavy atom. The van der Waals surface area contributed by atoms with Gasteiger partial charge in [0.2, 0.25) is 0 Å². The molecule has 0 radical (unpaired) electrons. The number of amides is 3. The van der Waals surface area contributed by atoms with Crippen LogP contribution in [0, 0.1) is 11.7 Å². The van der Waals surface area contributed by atoms with Gasteiger partial charge in [0.15, 0.2) is 0 Å². The Morgan fingerprint density at radius 2 is 1.69 bits per heavy atom. The summed E-state index contributed by atoms with van der Waals surface area (Å²) in [6.07, 6.45) is 2.93. The average Bonchev–Trinajstić information content (AvgIpc) is 2.89. The number of urea groups is 1. The summed E-state index contributed by atoms with van der Waals surface area (Å²) >= 11 is 0. The van der Waals surface area contributed by atoms with Gasteiger partial charge in [0.25, 0.3) is 5.91 Å². The molecule has 0 spiro atoms. The molecule has 1 heterocycles. The lowest BCUT2D eigenvalue weighted by Gasteiger charge is -2.33. The number of aryl methyl sites for hydroxylation is 1. The molecule has 0 atom stereocenters. The van der Waals surface area contributed by atoms with Crippen molar-refractivity contribution in [3.8, 4) is 0 Å². The maximum atomic E-state index is 13.3. The van der Waals surface area contributed by atoms with E-state index in [4.69, 9.17) is 0 Å². The van der Waals surface area contributed by atoms with Gasteiger partial charge in [0, 0.05) is 36.7 Å². The van der Waals surface area contributed by atoms with Crippen LogP contribution in [0.2, 0.25) is 0 Å². The van der Waals surface area contributed by atoms with Crippen LogP contribution in [0.3, 0.4) is 0 Å². The number of benzene rings is 3. The summed E-state index contributed by atoms with van der Waals surface area (Å²) in [5.74, 6) is 0.103. The number of piperidine rings is 1. The molecule has 36 heavy (non-hydrogen) atoms. The van der Waals surface area contributed by atoms with Crippen LogP contribution in [0.5, 0.6) is 0 Å². The summed E-state index contributed by atoms with van der Waals surface area (Å²) in [5, 5.41) is 8.71. The Hall–Kier alpha value is -3.87. The Morgan fingerprint density at radius 1 is 0.972 bits per heavy atom. The minimum atomic E-state index is -0.367. The molecule has 1 aliphatic rings. The molecule has 0 saturated carbocycles. The molecule has 0 aliphatic carbocycles. The van der Waals surface area contributed by atoms with Gasteiger partial charge < -0.3 is 20.9 Å². The topological polar surface area (TPSA) is 73.5 Å². The zero-order chi connectivity index (χ0) is 25.5. The van der Waals surface area contributed by atoms with Crippen molar-refractivity contribution in [2.45, 2.75) is 39.7 Å². The predicted octanol–water partition coefficient (Wildman–Crippen LogP) is 6.20. The molecule has 0 aromatic heterocycles. The maximum Gasteiger partial charge on any atom is 0.323 e. The van der Waals surface area contributed by atoms with E-state index in [-0.39, 0.29) is 24.3 Å². The van der Waals surface area contributed by atoms with E-state index in [9.17, 15) is 14.0 Å². The fraction of sp³-hybridized carbons (Fsp3) is 0.310. The van der Waals surface area contributed by atoms with Gasteiger partial charge in [-0.2, -0.15) is 0 Å². The standard InChI is InChI=1S/C29H33FN4O2/c1-3-22-6-4-5-7-26(22)33-29(36)32-24-12-13-27(34-16-14-20(2)15-17-34)25(18-24)28(35)31-19-21-8-10-23(30)11-9-21/h4-13,18,20H,3,14-17,19H2,1-2H3,(H,31,35)(H2,32,33,36). The number of nitrogens with zero attached hydrogens (tertiary/aromatic N) is 1. The number of anilines is 3. The minimum absolute atomic E-state index is 0.242. The summed E-state index contributed by atoms with van der Waals surface area (Å²) in [6.45, 7) is 6.31. The first-order valence-corrected chi connectivity index (χ1v) is 12.5. The molecule has 3 aromatic carbocycles. The van der Waals surface area contributed by atoms with E-state index in [1.165, 1.54) is 12.1 Å². The van der Waals surface area contributed by atoms with Gasteiger partial charge in [-0.15, -0.1) is 0 Å². The van der Waals surface area contributed by atoms with Crippen LogP contribution in [-0.2, 0) is 13.0 Å². The second kappa shape index (κ2) is 11.7. The molecule has 3 amide bonds. The van der Waals surface area contributed by atoms with Crippen molar-refractivity contribution < 1.29 is 14.0 Å². The highest BCUT2D eigenvalue weighted by atomic mass is 19.1. The van der Waals surface area contributed by atoms with Gasteiger partial charge in [-0.25, -0.2) is 9.18 Å². The van der Waals surface area contributed by atoms with Gasteiger partial charge in [-0.3, -0.25) is 4.79 Å². The summed E-state index contributed by atoms with van der Waals surface area (Å²) in [5.41, 5.74) is 4.49. The van der Waals surface area contributed by atoms with Crippen molar-refractivity contribution in [2.75, 3.05) is 28.6 Å². The highest BCUT2D eigenvalue weighted by Crippen LogP contribution is 2.29. The van der Waals surface area contributed by atoms with E-state index in [1.807, 2.05) is 43.3 Å². The van der Waals surface area contributed by atoms with E-state index in [0.717, 1.165) is 54.9 Å². The third kappa shape index (κ3) is 6.42. The maximum absolute atomic E-state index is 13.3. The van der Waals surface area contributed by atoms with Gasteiger partial charge in [0.05, 0.1) is 5.56 Å². The van der Waals surface area contributed by atoms with E-state index in [2.05, 4.69) is 27.8 Å². The van der Waals surface area contributed by atoms with E-state index >= 15 is 0 Å². The number of hydrogen-bond acceptors (Lipinski definition) is 3. The molecule has 188 valence electrons. The third-order valence-electron chi connectivity index (χ3n) is 6.64.